The maximum absolute atomic E-state index is 12.2. The Morgan fingerprint density at radius 1 is 1.00 bits per heavy atom. The predicted octanol–water partition coefficient (Wildman–Crippen LogP) is 2.32. The van der Waals surface area contributed by atoms with Crippen molar-refractivity contribution in [3.63, 3.8) is 0 Å². The number of likely N-dealkylation sites (tertiary alicyclic amines) is 1. The highest BCUT2D eigenvalue weighted by Gasteiger charge is 2.27. The summed E-state index contributed by atoms with van der Waals surface area (Å²) in [5.74, 6) is 0.188. The van der Waals surface area contributed by atoms with E-state index < -0.39 is 0 Å². The van der Waals surface area contributed by atoms with E-state index in [4.69, 9.17) is 4.84 Å². The molecule has 0 spiro atoms. The van der Waals surface area contributed by atoms with Gasteiger partial charge in [-0.2, -0.15) is 5.06 Å². The smallest absolute Gasteiger partial charge is 0.221 e. The van der Waals surface area contributed by atoms with E-state index in [9.17, 15) is 4.79 Å². The summed E-state index contributed by atoms with van der Waals surface area (Å²) < 4.78 is 0. The molecule has 0 aromatic carbocycles. The molecule has 2 heterocycles. The maximum atomic E-state index is 12.2. The fourth-order valence-electron chi connectivity index (χ4n) is 4.28. The van der Waals surface area contributed by atoms with E-state index >= 15 is 0 Å². The highest BCUT2D eigenvalue weighted by Crippen LogP contribution is 2.24. The standard InChI is InChI=1S/C18H33N3O2/c22-18(10-13-21-12-6-14-23-21)19-16-7-5-11-20(15-16)17-8-3-1-2-4-9-17/h16-17H,1-15H2,(H,19,22). The lowest BCUT2D eigenvalue weighted by Gasteiger charge is -2.38. The molecular formula is C18H33N3O2. The molecule has 2 aliphatic heterocycles. The van der Waals surface area contributed by atoms with Crippen LogP contribution >= 0.6 is 0 Å². The molecule has 0 aromatic rings. The van der Waals surface area contributed by atoms with Gasteiger partial charge in [-0.3, -0.25) is 14.5 Å². The summed E-state index contributed by atoms with van der Waals surface area (Å²) >= 11 is 0. The molecule has 1 aliphatic carbocycles. The van der Waals surface area contributed by atoms with Gasteiger partial charge in [-0.05, 0) is 38.6 Å². The molecule has 1 atom stereocenters. The molecule has 5 heteroatoms. The van der Waals surface area contributed by atoms with Crippen molar-refractivity contribution < 1.29 is 9.63 Å². The van der Waals surface area contributed by atoms with Gasteiger partial charge in [0, 0.05) is 38.1 Å². The van der Waals surface area contributed by atoms with Gasteiger partial charge in [-0.15, -0.1) is 0 Å². The summed E-state index contributed by atoms with van der Waals surface area (Å²) in [4.78, 5) is 20.3. The van der Waals surface area contributed by atoms with E-state index in [0.29, 0.717) is 12.5 Å². The average molecular weight is 323 g/mol. The SMILES string of the molecule is O=C(CCN1CCCO1)NC1CCCN(C2CCCCCC2)C1. The first kappa shape index (κ1) is 17.2. The number of rotatable bonds is 5. The number of amides is 1. The van der Waals surface area contributed by atoms with Crippen molar-refractivity contribution in [2.45, 2.75) is 76.3 Å². The van der Waals surface area contributed by atoms with Crippen molar-refractivity contribution in [3.8, 4) is 0 Å². The van der Waals surface area contributed by atoms with E-state index in [0.717, 1.165) is 45.1 Å². The summed E-state index contributed by atoms with van der Waals surface area (Å²) in [6, 6.07) is 1.11. The molecule has 5 nitrogen and oxygen atoms in total. The van der Waals surface area contributed by atoms with Crippen LogP contribution in [0.3, 0.4) is 0 Å². The van der Waals surface area contributed by atoms with Crippen molar-refractivity contribution in [2.24, 2.45) is 0 Å². The molecule has 132 valence electrons. The van der Waals surface area contributed by atoms with Gasteiger partial charge in [-0.1, -0.05) is 25.7 Å². The summed E-state index contributed by atoms with van der Waals surface area (Å²) in [6.07, 6.45) is 12.3. The van der Waals surface area contributed by atoms with Crippen LogP contribution in [0.25, 0.3) is 0 Å². The van der Waals surface area contributed by atoms with E-state index in [-0.39, 0.29) is 5.91 Å². The molecular weight excluding hydrogens is 290 g/mol. The van der Waals surface area contributed by atoms with Crippen LogP contribution in [-0.4, -0.2) is 60.7 Å². The molecule has 2 saturated heterocycles. The summed E-state index contributed by atoms with van der Waals surface area (Å²) in [6.45, 7) is 4.77. The highest BCUT2D eigenvalue weighted by molar-refractivity contribution is 5.76. The van der Waals surface area contributed by atoms with Gasteiger partial charge in [0.25, 0.3) is 0 Å². The molecule has 1 N–H and O–H groups in total. The third-order valence-corrected chi connectivity index (χ3v) is 5.57. The van der Waals surface area contributed by atoms with Crippen LogP contribution in [0.5, 0.6) is 0 Å². The fraction of sp³-hybridized carbons (Fsp3) is 0.944. The quantitative estimate of drug-likeness (QED) is 0.789. The van der Waals surface area contributed by atoms with Crippen LogP contribution < -0.4 is 5.32 Å². The van der Waals surface area contributed by atoms with Gasteiger partial charge in [-0.25, -0.2) is 0 Å². The average Bonchev–Trinajstić information content (AvgIpc) is 2.93. The molecule has 1 unspecified atom stereocenters. The number of hydroxylamine groups is 2. The first-order valence-corrected chi connectivity index (χ1v) is 9.72. The fourth-order valence-corrected chi connectivity index (χ4v) is 4.28. The Morgan fingerprint density at radius 2 is 1.83 bits per heavy atom. The molecule has 0 aromatic heterocycles. The first-order valence-electron chi connectivity index (χ1n) is 9.72. The minimum atomic E-state index is 0.188. The summed E-state index contributed by atoms with van der Waals surface area (Å²) in [5, 5.41) is 5.19. The van der Waals surface area contributed by atoms with Gasteiger partial charge < -0.3 is 5.32 Å². The van der Waals surface area contributed by atoms with Gasteiger partial charge in [0.05, 0.1) is 6.61 Å². The second-order valence-corrected chi connectivity index (χ2v) is 7.41. The molecule has 3 aliphatic rings. The van der Waals surface area contributed by atoms with Crippen LogP contribution in [-0.2, 0) is 9.63 Å². The molecule has 1 amide bonds. The number of nitrogens with one attached hydrogen (secondary N) is 1. The molecule has 0 bridgehead atoms. The lowest BCUT2D eigenvalue weighted by molar-refractivity contribution is -0.131. The zero-order valence-corrected chi connectivity index (χ0v) is 14.5. The van der Waals surface area contributed by atoms with E-state index in [1.54, 1.807) is 0 Å². The Kier molecular flexibility index (Phi) is 6.72. The molecule has 1 saturated carbocycles. The van der Waals surface area contributed by atoms with E-state index in [1.165, 1.54) is 51.5 Å². The largest absolute Gasteiger partial charge is 0.352 e. The third-order valence-electron chi connectivity index (χ3n) is 5.57. The molecule has 3 rings (SSSR count). The highest BCUT2D eigenvalue weighted by atomic mass is 16.7. The number of hydrogen-bond donors (Lipinski definition) is 1. The first-order chi connectivity index (χ1) is 11.3. The lowest BCUT2D eigenvalue weighted by atomic mass is 10.00. The number of hydrogen-bond acceptors (Lipinski definition) is 4. The summed E-state index contributed by atoms with van der Waals surface area (Å²) in [7, 11) is 0. The zero-order valence-electron chi connectivity index (χ0n) is 14.5. The topological polar surface area (TPSA) is 44.8 Å². The van der Waals surface area contributed by atoms with Crippen molar-refractivity contribution in [2.75, 3.05) is 32.8 Å². The van der Waals surface area contributed by atoms with Gasteiger partial charge in [0.15, 0.2) is 0 Å². The Balaban J connectivity index is 1.39. The Bertz CT molecular complexity index is 363. The zero-order chi connectivity index (χ0) is 15.9. The number of nitrogens with zero attached hydrogens (tertiary/aromatic N) is 2. The van der Waals surface area contributed by atoms with Crippen LogP contribution in [0.4, 0.5) is 0 Å². The Labute approximate surface area is 140 Å². The normalized spacial score (nSPS) is 28.6. The number of piperidine rings is 1. The van der Waals surface area contributed by atoms with Crippen LogP contribution in [0.2, 0.25) is 0 Å². The van der Waals surface area contributed by atoms with Crippen LogP contribution in [0.15, 0.2) is 0 Å². The van der Waals surface area contributed by atoms with Gasteiger partial charge in [0.2, 0.25) is 5.91 Å². The van der Waals surface area contributed by atoms with Gasteiger partial charge in [0.1, 0.15) is 0 Å². The predicted molar refractivity (Wildman–Crippen MR) is 91.0 cm³/mol. The maximum Gasteiger partial charge on any atom is 0.221 e. The van der Waals surface area contributed by atoms with Crippen molar-refractivity contribution in [1.29, 1.82) is 0 Å². The second-order valence-electron chi connectivity index (χ2n) is 7.41. The van der Waals surface area contributed by atoms with Gasteiger partial charge >= 0.3 is 0 Å². The van der Waals surface area contributed by atoms with Crippen molar-refractivity contribution in [3.05, 3.63) is 0 Å². The monoisotopic (exact) mass is 323 g/mol. The lowest BCUT2D eigenvalue weighted by Crippen LogP contribution is -2.51. The van der Waals surface area contributed by atoms with Crippen LogP contribution in [0, 0.1) is 0 Å². The Morgan fingerprint density at radius 3 is 2.57 bits per heavy atom. The molecule has 3 fully saturated rings. The summed E-state index contributed by atoms with van der Waals surface area (Å²) in [5.41, 5.74) is 0. The van der Waals surface area contributed by atoms with Crippen molar-refractivity contribution in [1.82, 2.24) is 15.3 Å². The Hall–Kier alpha value is -0.650. The minimum absolute atomic E-state index is 0.188. The number of carbonyl (C=O) groups is 1. The number of carbonyl (C=O) groups excluding carboxylic acids is 1. The van der Waals surface area contributed by atoms with Crippen LogP contribution in [0.1, 0.15) is 64.2 Å². The minimum Gasteiger partial charge on any atom is -0.352 e. The third kappa shape index (κ3) is 5.44. The van der Waals surface area contributed by atoms with Crippen molar-refractivity contribution >= 4 is 5.91 Å². The molecule has 0 radical (unpaired) electrons. The molecule has 23 heavy (non-hydrogen) atoms. The second kappa shape index (κ2) is 9.00. The van der Waals surface area contributed by atoms with E-state index in [2.05, 4.69) is 10.2 Å². The van der Waals surface area contributed by atoms with E-state index in [1.807, 2.05) is 5.06 Å².